The summed E-state index contributed by atoms with van der Waals surface area (Å²) in [6.45, 7) is 1.69. The molecule has 0 aliphatic carbocycles. The molecule has 0 unspecified atom stereocenters. The molecule has 1 aromatic carbocycles. The number of nitro groups is 1. The van der Waals surface area contributed by atoms with Gasteiger partial charge in [0.15, 0.2) is 0 Å². The maximum Gasteiger partial charge on any atom is 0.293 e. The van der Waals surface area contributed by atoms with Crippen LogP contribution in [0.25, 0.3) is 0 Å². The predicted molar refractivity (Wildman–Crippen MR) is 77.3 cm³/mol. The Morgan fingerprint density at radius 2 is 2.05 bits per heavy atom. The van der Waals surface area contributed by atoms with Crippen LogP contribution in [0.2, 0.25) is 0 Å². The number of aryl methyl sites for hydroxylation is 1. The van der Waals surface area contributed by atoms with E-state index in [1.807, 2.05) is 0 Å². The number of sulfonamides is 1. The molecule has 0 atom stereocenters. The number of nitrogens with two attached hydrogens (primary N) is 1. The van der Waals surface area contributed by atoms with Crippen LogP contribution in [-0.4, -0.2) is 18.3 Å². The summed E-state index contributed by atoms with van der Waals surface area (Å²) in [7, 11) is -3.98. The summed E-state index contributed by atoms with van der Waals surface area (Å²) < 4.78 is 26.7. The first kappa shape index (κ1) is 14.7. The van der Waals surface area contributed by atoms with Gasteiger partial charge in [0.25, 0.3) is 15.7 Å². The average molecular weight is 308 g/mol. The molecule has 0 spiro atoms. The van der Waals surface area contributed by atoms with Crippen LogP contribution in [0.3, 0.4) is 0 Å². The Morgan fingerprint density at radius 3 is 2.67 bits per heavy atom. The zero-order valence-corrected chi connectivity index (χ0v) is 11.8. The fourth-order valence-corrected chi connectivity index (χ4v) is 2.73. The summed E-state index contributed by atoms with van der Waals surface area (Å²) in [5.74, 6) is 0.164. The van der Waals surface area contributed by atoms with Crippen LogP contribution in [0.15, 0.2) is 41.4 Å². The Balaban J connectivity index is 2.43. The molecule has 0 saturated heterocycles. The summed E-state index contributed by atoms with van der Waals surface area (Å²) in [4.78, 5) is 13.7. The van der Waals surface area contributed by atoms with Crippen molar-refractivity contribution >= 4 is 27.2 Å². The minimum atomic E-state index is -3.98. The second kappa shape index (κ2) is 5.37. The summed E-state index contributed by atoms with van der Waals surface area (Å²) in [6, 6.07) is 6.65. The van der Waals surface area contributed by atoms with E-state index in [0.29, 0.717) is 5.56 Å². The number of nitrogens with zero attached hydrogens (tertiary/aromatic N) is 2. The number of nitrogens with one attached hydrogen (secondary N) is 1. The maximum absolute atomic E-state index is 12.2. The molecular weight excluding hydrogens is 296 g/mol. The van der Waals surface area contributed by atoms with Gasteiger partial charge >= 0.3 is 0 Å². The molecule has 3 N–H and O–H groups in total. The van der Waals surface area contributed by atoms with E-state index in [4.69, 9.17) is 5.73 Å². The lowest BCUT2D eigenvalue weighted by molar-refractivity contribution is -0.384. The zero-order valence-electron chi connectivity index (χ0n) is 11.0. The van der Waals surface area contributed by atoms with Crippen LogP contribution in [-0.2, 0) is 10.0 Å². The van der Waals surface area contributed by atoms with Crippen molar-refractivity contribution in [3.05, 3.63) is 52.2 Å². The van der Waals surface area contributed by atoms with Crippen LogP contribution in [0, 0.1) is 17.0 Å². The molecule has 21 heavy (non-hydrogen) atoms. The number of anilines is 2. The molecule has 8 nitrogen and oxygen atoms in total. The Kier molecular flexibility index (Phi) is 3.76. The van der Waals surface area contributed by atoms with E-state index in [1.54, 1.807) is 19.1 Å². The summed E-state index contributed by atoms with van der Waals surface area (Å²) in [5.41, 5.74) is 5.51. The van der Waals surface area contributed by atoms with Crippen molar-refractivity contribution in [3.8, 4) is 0 Å². The van der Waals surface area contributed by atoms with E-state index in [2.05, 4.69) is 9.71 Å². The highest BCUT2D eigenvalue weighted by atomic mass is 32.2. The van der Waals surface area contributed by atoms with Crippen molar-refractivity contribution < 1.29 is 13.3 Å². The van der Waals surface area contributed by atoms with Crippen LogP contribution in [0.4, 0.5) is 17.2 Å². The fraction of sp³-hybridized carbons (Fsp3) is 0.0833. The van der Waals surface area contributed by atoms with Gasteiger partial charge in [0, 0.05) is 12.3 Å². The second-order valence-electron chi connectivity index (χ2n) is 4.25. The van der Waals surface area contributed by atoms with E-state index in [1.165, 1.54) is 18.3 Å². The van der Waals surface area contributed by atoms with Gasteiger partial charge in [-0.1, -0.05) is 6.07 Å². The third-order valence-electron chi connectivity index (χ3n) is 2.75. The maximum atomic E-state index is 12.2. The predicted octanol–water partition coefficient (Wildman–Crippen LogP) is 1.68. The number of nitrogen functional groups attached to an aromatic ring is 1. The van der Waals surface area contributed by atoms with Gasteiger partial charge < -0.3 is 5.73 Å². The lowest BCUT2D eigenvalue weighted by Crippen LogP contribution is -2.15. The SMILES string of the molecule is Cc1cccnc1NS(=O)(=O)c1ccc(N)c([N+](=O)[O-])c1. The van der Waals surface area contributed by atoms with Gasteiger partial charge in [-0.15, -0.1) is 0 Å². The van der Waals surface area contributed by atoms with Crippen molar-refractivity contribution in [2.45, 2.75) is 11.8 Å². The normalized spacial score (nSPS) is 11.1. The number of aromatic nitrogens is 1. The molecule has 1 heterocycles. The first-order chi connectivity index (χ1) is 9.81. The molecule has 0 amide bonds. The lowest BCUT2D eigenvalue weighted by atomic mass is 10.3. The van der Waals surface area contributed by atoms with Crippen LogP contribution in [0.5, 0.6) is 0 Å². The Labute approximate surface area is 120 Å². The number of pyridine rings is 1. The molecule has 2 rings (SSSR count). The van der Waals surface area contributed by atoms with Crippen molar-refractivity contribution in [1.29, 1.82) is 0 Å². The van der Waals surface area contributed by atoms with E-state index >= 15 is 0 Å². The Morgan fingerprint density at radius 1 is 1.33 bits per heavy atom. The average Bonchev–Trinajstić information content (AvgIpc) is 2.41. The van der Waals surface area contributed by atoms with Crippen molar-refractivity contribution in [2.24, 2.45) is 0 Å². The van der Waals surface area contributed by atoms with Crippen molar-refractivity contribution in [2.75, 3.05) is 10.5 Å². The molecule has 0 aliphatic rings. The molecule has 110 valence electrons. The molecule has 1 aromatic heterocycles. The van der Waals surface area contributed by atoms with Gasteiger partial charge in [0.1, 0.15) is 11.5 Å². The first-order valence-electron chi connectivity index (χ1n) is 5.79. The van der Waals surface area contributed by atoms with Gasteiger partial charge in [0.05, 0.1) is 9.82 Å². The standard InChI is InChI=1S/C12H12N4O4S/c1-8-3-2-6-14-12(8)15-21(19,20)9-4-5-10(13)11(7-9)16(17)18/h2-7H,13H2,1H3,(H,14,15). The van der Waals surface area contributed by atoms with Gasteiger partial charge in [-0.3, -0.25) is 14.8 Å². The summed E-state index contributed by atoms with van der Waals surface area (Å²) in [5, 5.41) is 10.8. The minimum Gasteiger partial charge on any atom is -0.393 e. The van der Waals surface area contributed by atoms with Crippen molar-refractivity contribution in [1.82, 2.24) is 4.98 Å². The molecule has 0 fully saturated rings. The largest absolute Gasteiger partial charge is 0.393 e. The molecular formula is C12H12N4O4S. The topological polar surface area (TPSA) is 128 Å². The molecule has 9 heteroatoms. The lowest BCUT2D eigenvalue weighted by Gasteiger charge is -2.09. The number of hydrogen-bond donors (Lipinski definition) is 2. The van der Waals surface area contributed by atoms with E-state index in [9.17, 15) is 18.5 Å². The van der Waals surface area contributed by atoms with E-state index < -0.39 is 20.6 Å². The number of benzene rings is 1. The molecule has 0 saturated carbocycles. The van der Waals surface area contributed by atoms with E-state index in [0.717, 1.165) is 6.07 Å². The minimum absolute atomic E-state index is 0.104. The van der Waals surface area contributed by atoms with E-state index in [-0.39, 0.29) is 16.4 Å². The first-order valence-corrected chi connectivity index (χ1v) is 7.28. The van der Waals surface area contributed by atoms with Gasteiger partial charge in [0.2, 0.25) is 0 Å². The van der Waals surface area contributed by atoms with Crippen molar-refractivity contribution in [3.63, 3.8) is 0 Å². The number of rotatable bonds is 4. The van der Waals surface area contributed by atoms with Crippen LogP contribution in [0.1, 0.15) is 5.56 Å². The smallest absolute Gasteiger partial charge is 0.293 e. The van der Waals surface area contributed by atoms with Gasteiger partial charge in [-0.25, -0.2) is 13.4 Å². The fourth-order valence-electron chi connectivity index (χ4n) is 1.63. The highest BCUT2D eigenvalue weighted by Crippen LogP contribution is 2.26. The highest BCUT2D eigenvalue weighted by Gasteiger charge is 2.21. The highest BCUT2D eigenvalue weighted by molar-refractivity contribution is 7.92. The zero-order chi connectivity index (χ0) is 15.6. The second-order valence-corrected chi connectivity index (χ2v) is 5.93. The molecule has 0 aliphatic heterocycles. The number of hydrogen-bond acceptors (Lipinski definition) is 6. The Hall–Kier alpha value is -2.68. The van der Waals surface area contributed by atoms with Crippen LogP contribution >= 0.6 is 0 Å². The molecule has 0 bridgehead atoms. The van der Waals surface area contributed by atoms with Gasteiger partial charge in [-0.2, -0.15) is 0 Å². The third kappa shape index (κ3) is 3.08. The summed E-state index contributed by atoms with van der Waals surface area (Å²) in [6.07, 6.45) is 1.44. The molecule has 0 radical (unpaired) electrons. The molecule has 2 aromatic rings. The monoisotopic (exact) mass is 308 g/mol. The Bertz CT molecular complexity index is 805. The quantitative estimate of drug-likeness (QED) is 0.502. The van der Waals surface area contributed by atoms with Gasteiger partial charge in [-0.05, 0) is 30.7 Å². The summed E-state index contributed by atoms with van der Waals surface area (Å²) >= 11 is 0. The van der Waals surface area contributed by atoms with Crippen LogP contribution < -0.4 is 10.5 Å². The third-order valence-corrected chi connectivity index (χ3v) is 4.09. The number of nitro benzene ring substituents is 1.